The summed E-state index contributed by atoms with van der Waals surface area (Å²) in [4.78, 5) is 28.5. The third-order valence-electron chi connectivity index (χ3n) is 5.54. The molecular weight excluding hydrogens is 352 g/mol. The number of hydrogen-bond donors (Lipinski definition) is 0. The maximum Gasteiger partial charge on any atom is 0.289 e. The Labute approximate surface area is 167 Å². The van der Waals surface area contributed by atoms with Crippen molar-refractivity contribution in [1.82, 2.24) is 9.80 Å². The Kier molecular flexibility index (Phi) is 6.68. The van der Waals surface area contributed by atoms with Gasteiger partial charge in [0, 0.05) is 38.8 Å². The molecule has 28 heavy (non-hydrogen) atoms. The van der Waals surface area contributed by atoms with Gasteiger partial charge in [-0.25, -0.2) is 0 Å². The van der Waals surface area contributed by atoms with Crippen molar-refractivity contribution in [3.63, 3.8) is 0 Å². The van der Waals surface area contributed by atoms with Gasteiger partial charge in [0.1, 0.15) is 5.76 Å². The second-order valence-electron chi connectivity index (χ2n) is 7.94. The van der Waals surface area contributed by atoms with Crippen LogP contribution < -0.4 is 5.43 Å². The fraction of sp³-hybridized carbons (Fsp3) is 0.478. The van der Waals surface area contributed by atoms with Crippen LogP contribution in [0.1, 0.15) is 40.3 Å². The van der Waals surface area contributed by atoms with Gasteiger partial charge < -0.3 is 14.2 Å². The van der Waals surface area contributed by atoms with Gasteiger partial charge in [0.2, 0.25) is 0 Å². The normalized spacial score (nSPS) is 17.5. The van der Waals surface area contributed by atoms with Crippen molar-refractivity contribution < 1.29 is 9.21 Å². The molecule has 0 radical (unpaired) electrons. The SMILES string of the molecule is Cc1cc(=O)cc(C(=O)N(C)C[C@@H]2CCCN(CCc3ccccc3C)C2)o1. The van der Waals surface area contributed by atoms with Gasteiger partial charge in [-0.2, -0.15) is 0 Å². The van der Waals surface area contributed by atoms with Crippen molar-refractivity contribution in [2.75, 3.05) is 33.2 Å². The number of carbonyl (C=O) groups is 1. The van der Waals surface area contributed by atoms with Crippen molar-refractivity contribution in [3.05, 3.63) is 69.3 Å². The lowest BCUT2D eigenvalue weighted by Crippen LogP contribution is -2.42. The third-order valence-corrected chi connectivity index (χ3v) is 5.54. The minimum atomic E-state index is -0.224. The first-order valence-corrected chi connectivity index (χ1v) is 10.1. The van der Waals surface area contributed by atoms with Crippen LogP contribution in [-0.2, 0) is 6.42 Å². The number of hydrogen-bond acceptors (Lipinski definition) is 4. The highest BCUT2D eigenvalue weighted by atomic mass is 16.3. The van der Waals surface area contributed by atoms with Crippen molar-refractivity contribution in [2.24, 2.45) is 5.92 Å². The maximum absolute atomic E-state index is 12.6. The van der Waals surface area contributed by atoms with E-state index in [1.807, 2.05) is 0 Å². The topological polar surface area (TPSA) is 53.8 Å². The van der Waals surface area contributed by atoms with Crippen molar-refractivity contribution in [1.29, 1.82) is 0 Å². The van der Waals surface area contributed by atoms with Crippen LogP contribution in [-0.4, -0.2) is 48.9 Å². The summed E-state index contributed by atoms with van der Waals surface area (Å²) < 4.78 is 5.45. The summed E-state index contributed by atoms with van der Waals surface area (Å²) in [5.41, 5.74) is 2.56. The largest absolute Gasteiger partial charge is 0.456 e. The molecule has 1 aromatic carbocycles. The molecule has 2 aromatic rings. The van der Waals surface area contributed by atoms with Crippen LogP contribution in [0, 0.1) is 19.8 Å². The molecule has 3 rings (SSSR count). The zero-order valence-corrected chi connectivity index (χ0v) is 17.1. The second kappa shape index (κ2) is 9.20. The lowest BCUT2D eigenvalue weighted by Gasteiger charge is -2.34. The van der Waals surface area contributed by atoms with Gasteiger partial charge in [-0.1, -0.05) is 24.3 Å². The molecule has 0 bridgehead atoms. The molecule has 1 atom stereocenters. The Morgan fingerprint density at radius 3 is 2.79 bits per heavy atom. The first-order valence-electron chi connectivity index (χ1n) is 10.1. The zero-order chi connectivity index (χ0) is 20.1. The quantitative estimate of drug-likeness (QED) is 0.769. The summed E-state index contributed by atoms with van der Waals surface area (Å²) in [6, 6.07) is 11.2. The van der Waals surface area contributed by atoms with E-state index in [0.29, 0.717) is 18.2 Å². The molecule has 0 aliphatic carbocycles. The molecule has 0 N–H and O–H groups in total. The molecule has 1 aromatic heterocycles. The van der Waals surface area contributed by atoms with Gasteiger partial charge in [-0.15, -0.1) is 0 Å². The van der Waals surface area contributed by atoms with E-state index in [4.69, 9.17) is 4.42 Å². The average molecular weight is 383 g/mol. The number of nitrogens with zero attached hydrogens (tertiary/aromatic N) is 2. The Bertz CT molecular complexity index is 874. The standard InChI is InChI=1S/C23H30N2O3/c1-17-7-4-5-9-20(17)10-12-25-11-6-8-19(16-25)15-24(3)23(27)22-14-21(26)13-18(2)28-22/h4-5,7,9,13-14,19H,6,8,10-12,15-16H2,1-3H3/t19-/m0/s1. The van der Waals surface area contributed by atoms with Gasteiger partial charge in [-0.05, 0) is 56.7 Å². The van der Waals surface area contributed by atoms with E-state index in [2.05, 4.69) is 36.1 Å². The van der Waals surface area contributed by atoms with Gasteiger partial charge in [0.05, 0.1) is 0 Å². The summed E-state index contributed by atoms with van der Waals surface area (Å²) in [5, 5.41) is 0. The van der Waals surface area contributed by atoms with E-state index < -0.39 is 0 Å². The van der Waals surface area contributed by atoms with Crippen LogP contribution in [0.15, 0.2) is 45.6 Å². The van der Waals surface area contributed by atoms with Crippen LogP contribution in [0.25, 0.3) is 0 Å². The minimum absolute atomic E-state index is 0.125. The molecule has 150 valence electrons. The van der Waals surface area contributed by atoms with Gasteiger partial charge in [0.25, 0.3) is 5.91 Å². The van der Waals surface area contributed by atoms with Crippen molar-refractivity contribution in [2.45, 2.75) is 33.1 Å². The molecule has 1 saturated heterocycles. The predicted molar refractivity (Wildman–Crippen MR) is 111 cm³/mol. The smallest absolute Gasteiger partial charge is 0.289 e. The Balaban J connectivity index is 1.54. The summed E-state index contributed by atoms with van der Waals surface area (Å²) in [6.45, 7) is 7.70. The fourth-order valence-corrected chi connectivity index (χ4v) is 4.04. The molecule has 0 spiro atoms. The molecule has 1 aliphatic heterocycles. The molecular formula is C23H30N2O3. The Hall–Kier alpha value is -2.40. The summed E-state index contributed by atoms with van der Waals surface area (Å²) in [6.07, 6.45) is 3.33. The predicted octanol–water partition coefficient (Wildman–Crippen LogP) is 3.28. The van der Waals surface area contributed by atoms with E-state index in [-0.39, 0.29) is 17.1 Å². The lowest BCUT2D eigenvalue weighted by atomic mass is 9.96. The van der Waals surface area contributed by atoms with Crippen LogP contribution in [0.4, 0.5) is 0 Å². The van der Waals surface area contributed by atoms with Crippen molar-refractivity contribution >= 4 is 5.91 Å². The van der Waals surface area contributed by atoms with Crippen LogP contribution >= 0.6 is 0 Å². The highest BCUT2D eigenvalue weighted by molar-refractivity contribution is 5.91. The van der Waals surface area contributed by atoms with Gasteiger partial charge >= 0.3 is 0 Å². The number of aryl methyl sites for hydroxylation is 2. The van der Waals surface area contributed by atoms with E-state index in [1.54, 1.807) is 18.9 Å². The zero-order valence-electron chi connectivity index (χ0n) is 17.1. The van der Waals surface area contributed by atoms with Crippen LogP contribution in [0.5, 0.6) is 0 Å². The maximum atomic E-state index is 12.6. The molecule has 1 fully saturated rings. The minimum Gasteiger partial charge on any atom is -0.456 e. The molecule has 5 heteroatoms. The summed E-state index contributed by atoms with van der Waals surface area (Å²) >= 11 is 0. The number of likely N-dealkylation sites (tertiary alicyclic amines) is 1. The number of amides is 1. The van der Waals surface area contributed by atoms with E-state index in [1.165, 1.54) is 23.3 Å². The number of carbonyl (C=O) groups excluding carboxylic acids is 1. The molecule has 5 nitrogen and oxygen atoms in total. The van der Waals surface area contributed by atoms with E-state index >= 15 is 0 Å². The van der Waals surface area contributed by atoms with E-state index in [9.17, 15) is 9.59 Å². The van der Waals surface area contributed by atoms with Crippen molar-refractivity contribution in [3.8, 4) is 0 Å². The Morgan fingerprint density at radius 1 is 1.25 bits per heavy atom. The van der Waals surface area contributed by atoms with Crippen LogP contribution in [0.3, 0.4) is 0 Å². The summed E-state index contributed by atoms with van der Waals surface area (Å²) in [5.74, 6) is 0.804. The monoisotopic (exact) mass is 382 g/mol. The van der Waals surface area contributed by atoms with Gasteiger partial charge in [0.15, 0.2) is 11.2 Å². The van der Waals surface area contributed by atoms with Crippen LogP contribution in [0.2, 0.25) is 0 Å². The molecule has 0 unspecified atom stereocenters. The molecule has 1 amide bonds. The second-order valence-corrected chi connectivity index (χ2v) is 7.94. The van der Waals surface area contributed by atoms with Gasteiger partial charge in [-0.3, -0.25) is 9.59 Å². The lowest BCUT2D eigenvalue weighted by molar-refractivity contribution is 0.0695. The first-order chi connectivity index (χ1) is 13.4. The number of benzene rings is 1. The first kappa shape index (κ1) is 20.3. The highest BCUT2D eigenvalue weighted by Crippen LogP contribution is 2.19. The third kappa shape index (κ3) is 5.32. The van der Waals surface area contributed by atoms with E-state index in [0.717, 1.165) is 38.9 Å². The highest BCUT2D eigenvalue weighted by Gasteiger charge is 2.24. The fourth-order valence-electron chi connectivity index (χ4n) is 4.04. The Morgan fingerprint density at radius 2 is 2.04 bits per heavy atom. The summed E-state index contributed by atoms with van der Waals surface area (Å²) in [7, 11) is 1.79. The molecule has 1 aliphatic rings. The molecule has 0 saturated carbocycles. The number of piperidine rings is 1. The number of rotatable bonds is 6. The molecule has 2 heterocycles. The average Bonchev–Trinajstić information content (AvgIpc) is 2.66.